The molecular weight excluding hydrogens is 395 g/mol. The standard InChI is InChI=1S/C18H10F3N3O3S/c19-18(20,21)27-11-5-3-4-10(8-11)15-12-6-1-2-7-14(12)24(23-15)17-22-13(9-28-17)16(25)26/h1-9H,(H,25,26). The molecule has 2 heterocycles. The van der Waals surface area contributed by atoms with Crippen molar-refractivity contribution in [2.24, 2.45) is 0 Å². The third-order valence-corrected chi connectivity index (χ3v) is 4.64. The van der Waals surface area contributed by atoms with Crippen LogP contribution in [0.1, 0.15) is 10.5 Å². The van der Waals surface area contributed by atoms with Crippen LogP contribution in [0.5, 0.6) is 5.75 Å². The van der Waals surface area contributed by atoms with Crippen molar-refractivity contribution in [1.29, 1.82) is 0 Å². The van der Waals surface area contributed by atoms with Gasteiger partial charge in [0.05, 0.1) is 5.52 Å². The second kappa shape index (κ2) is 6.64. The highest BCUT2D eigenvalue weighted by molar-refractivity contribution is 7.12. The molecule has 0 unspecified atom stereocenters. The Morgan fingerprint density at radius 1 is 1.14 bits per heavy atom. The summed E-state index contributed by atoms with van der Waals surface area (Å²) in [6, 6.07) is 12.6. The van der Waals surface area contributed by atoms with Gasteiger partial charge in [0, 0.05) is 16.3 Å². The summed E-state index contributed by atoms with van der Waals surface area (Å²) in [5, 5.41) is 16.0. The van der Waals surface area contributed by atoms with Crippen molar-refractivity contribution in [2.75, 3.05) is 0 Å². The Labute approximate surface area is 159 Å². The van der Waals surface area contributed by atoms with Crippen LogP contribution in [0.2, 0.25) is 0 Å². The zero-order valence-electron chi connectivity index (χ0n) is 13.8. The predicted molar refractivity (Wildman–Crippen MR) is 95.8 cm³/mol. The van der Waals surface area contributed by atoms with Gasteiger partial charge in [0.25, 0.3) is 0 Å². The number of aromatic nitrogens is 3. The number of fused-ring (bicyclic) bond motifs is 1. The van der Waals surface area contributed by atoms with E-state index in [1.807, 2.05) is 0 Å². The zero-order chi connectivity index (χ0) is 19.9. The van der Waals surface area contributed by atoms with Crippen molar-refractivity contribution in [2.45, 2.75) is 6.36 Å². The van der Waals surface area contributed by atoms with E-state index >= 15 is 0 Å². The highest BCUT2D eigenvalue weighted by atomic mass is 32.1. The molecule has 0 aliphatic rings. The van der Waals surface area contributed by atoms with E-state index in [4.69, 9.17) is 5.11 Å². The number of hydrogen-bond donors (Lipinski definition) is 1. The molecule has 0 aliphatic carbocycles. The highest BCUT2D eigenvalue weighted by Gasteiger charge is 2.31. The first-order chi connectivity index (χ1) is 13.3. The lowest BCUT2D eigenvalue weighted by Gasteiger charge is -2.09. The molecule has 1 N–H and O–H groups in total. The van der Waals surface area contributed by atoms with E-state index in [2.05, 4.69) is 14.8 Å². The lowest BCUT2D eigenvalue weighted by molar-refractivity contribution is -0.274. The minimum atomic E-state index is -4.80. The van der Waals surface area contributed by atoms with Gasteiger partial charge in [-0.3, -0.25) is 0 Å². The topological polar surface area (TPSA) is 77.2 Å². The summed E-state index contributed by atoms with van der Waals surface area (Å²) in [6.07, 6.45) is -4.80. The van der Waals surface area contributed by atoms with Crippen LogP contribution in [-0.2, 0) is 0 Å². The molecule has 0 radical (unpaired) electrons. The van der Waals surface area contributed by atoms with Crippen molar-refractivity contribution >= 4 is 28.2 Å². The molecule has 0 bridgehead atoms. The molecule has 0 amide bonds. The lowest BCUT2D eigenvalue weighted by Crippen LogP contribution is -2.17. The molecule has 4 rings (SSSR count). The summed E-state index contributed by atoms with van der Waals surface area (Å²) >= 11 is 1.10. The maximum atomic E-state index is 12.5. The Hall–Kier alpha value is -3.40. The van der Waals surface area contributed by atoms with E-state index in [0.29, 0.717) is 27.3 Å². The summed E-state index contributed by atoms with van der Waals surface area (Å²) in [7, 11) is 0. The number of alkyl halides is 3. The summed E-state index contributed by atoms with van der Waals surface area (Å²) < 4.78 is 43.0. The summed E-state index contributed by atoms with van der Waals surface area (Å²) in [6.45, 7) is 0. The molecule has 2 aromatic carbocycles. The van der Waals surface area contributed by atoms with Crippen LogP contribution in [0.25, 0.3) is 27.3 Å². The number of nitrogens with zero attached hydrogens (tertiary/aromatic N) is 3. The fourth-order valence-corrected chi connectivity index (χ4v) is 3.49. The van der Waals surface area contributed by atoms with Gasteiger partial charge in [0.15, 0.2) is 5.69 Å². The number of hydrogen-bond acceptors (Lipinski definition) is 5. The number of thiazole rings is 1. The predicted octanol–water partition coefficient (Wildman–Crippen LogP) is 4.75. The maximum absolute atomic E-state index is 12.5. The number of benzene rings is 2. The van der Waals surface area contributed by atoms with Crippen LogP contribution in [-0.4, -0.2) is 32.2 Å². The van der Waals surface area contributed by atoms with Crippen molar-refractivity contribution in [3.05, 3.63) is 59.6 Å². The average Bonchev–Trinajstić information content (AvgIpc) is 3.25. The van der Waals surface area contributed by atoms with Gasteiger partial charge in [-0.15, -0.1) is 24.5 Å². The average molecular weight is 405 g/mol. The quantitative estimate of drug-likeness (QED) is 0.530. The van der Waals surface area contributed by atoms with Crippen LogP contribution >= 0.6 is 11.3 Å². The first-order valence-electron chi connectivity index (χ1n) is 7.85. The van der Waals surface area contributed by atoms with Crippen molar-refractivity contribution in [1.82, 2.24) is 14.8 Å². The van der Waals surface area contributed by atoms with Gasteiger partial charge in [0.1, 0.15) is 11.4 Å². The van der Waals surface area contributed by atoms with Crippen LogP contribution in [0.4, 0.5) is 13.2 Å². The van der Waals surface area contributed by atoms with Gasteiger partial charge in [-0.05, 0) is 18.2 Å². The number of halogens is 3. The maximum Gasteiger partial charge on any atom is 0.573 e. The normalized spacial score (nSPS) is 11.7. The molecular formula is C18H10F3N3O3S. The highest BCUT2D eigenvalue weighted by Crippen LogP contribution is 2.33. The van der Waals surface area contributed by atoms with E-state index < -0.39 is 12.3 Å². The molecule has 0 aliphatic heterocycles. The van der Waals surface area contributed by atoms with Gasteiger partial charge in [-0.25, -0.2) is 14.5 Å². The Morgan fingerprint density at radius 2 is 1.93 bits per heavy atom. The van der Waals surface area contributed by atoms with Gasteiger partial charge in [0.2, 0.25) is 5.13 Å². The molecule has 0 saturated carbocycles. The van der Waals surface area contributed by atoms with Gasteiger partial charge < -0.3 is 9.84 Å². The third kappa shape index (κ3) is 3.41. The van der Waals surface area contributed by atoms with Crippen molar-refractivity contribution in [3.8, 4) is 22.1 Å². The molecule has 0 fully saturated rings. The first-order valence-corrected chi connectivity index (χ1v) is 8.73. The second-order valence-electron chi connectivity index (χ2n) is 5.67. The smallest absolute Gasteiger partial charge is 0.476 e. The van der Waals surface area contributed by atoms with Crippen LogP contribution in [0.15, 0.2) is 53.9 Å². The molecule has 6 nitrogen and oxygen atoms in total. The van der Waals surface area contributed by atoms with Gasteiger partial charge >= 0.3 is 12.3 Å². The van der Waals surface area contributed by atoms with Gasteiger partial charge in [-0.2, -0.15) is 5.10 Å². The first kappa shape index (κ1) is 18.0. The molecule has 0 saturated heterocycles. The SMILES string of the molecule is O=C(O)c1csc(-n2nc(-c3cccc(OC(F)(F)F)c3)c3ccccc32)n1. The molecule has 2 aromatic heterocycles. The third-order valence-electron chi connectivity index (χ3n) is 3.82. The lowest BCUT2D eigenvalue weighted by atomic mass is 10.1. The zero-order valence-corrected chi connectivity index (χ0v) is 14.7. The molecule has 142 valence electrons. The van der Waals surface area contributed by atoms with Crippen LogP contribution in [0.3, 0.4) is 0 Å². The van der Waals surface area contributed by atoms with E-state index in [1.54, 1.807) is 30.3 Å². The minimum Gasteiger partial charge on any atom is -0.476 e. The number of carboxylic acids is 1. The largest absolute Gasteiger partial charge is 0.573 e. The van der Waals surface area contributed by atoms with Crippen LogP contribution < -0.4 is 4.74 Å². The Kier molecular flexibility index (Phi) is 4.27. The van der Waals surface area contributed by atoms with Gasteiger partial charge in [-0.1, -0.05) is 30.3 Å². The summed E-state index contributed by atoms with van der Waals surface area (Å²) in [4.78, 5) is 15.1. The molecule has 10 heteroatoms. The van der Waals surface area contributed by atoms with E-state index in [0.717, 1.165) is 11.3 Å². The van der Waals surface area contributed by atoms with Crippen molar-refractivity contribution in [3.63, 3.8) is 0 Å². The summed E-state index contributed by atoms with van der Waals surface area (Å²) in [5.74, 6) is -1.51. The minimum absolute atomic E-state index is 0.110. The van der Waals surface area contributed by atoms with Crippen molar-refractivity contribution < 1.29 is 27.8 Å². The fourth-order valence-electron chi connectivity index (χ4n) is 2.73. The molecule has 28 heavy (non-hydrogen) atoms. The van der Waals surface area contributed by atoms with Crippen LogP contribution in [0, 0.1) is 0 Å². The van der Waals surface area contributed by atoms with E-state index in [1.165, 1.54) is 28.3 Å². The Bertz CT molecular complexity index is 1180. The number of rotatable bonds is 4. The molecule has 0 atom stereocenters. The van der Waals surface area contributed by atoms with E-state index in [9.17, 15) is 18.0 Å². The number of carboxylic acid groups (broad SMARTS) is 1. The number of carbonyl (C=O) groups is 1. The second-order valence-corrected chi connectivity index (χ2v) is 6.51. The van der Waals surface area contributed by atoms with E-state index in [-0.39, 0.29) is 11.4 Å². The monoisotopic (exact) mass is 405 g/mol. The Balaban J connectivity index is 1.85. The molecule has 4 aromatic rings. The molecule has 0 spiro atoms. The number of para-hydroxylation sites is 1. The number of aromatic carboxylic acids is 1. The fraction of sp³-hybridized carbons (Fsp3) is 0.0556. The summed E-state index contributed by atoms with van der Waals surface area (Å²) in [5.41, 5.74) is 1.38. The Morgan fingerprint density at radius 3 is 2.64 bits per heavy atom. The number of ether oxygens (including phenoxy) is 1.